The lowest BCUT2D eigenvalue weighted by atomic mass is 10.1. The van der Waals surface area contributed by atoms with Crippen LogP contribution in [0, 0.1) is 0 Å². The number of esters is 1. The summed E-state index contributed by atoms with van der Waals surface area (Å²) in [4.78, 5) is 24.9. The summed E-state index contributed by atoms with van der Waals surface area (Å²) in [7, 11) is 3.20. The number of hydrogen-bond acceptors (Lipinski definition) is 4. The van der Waals surface area contributed by atoms with Crippen LogP contribution in [0.3, 0.4) is 0 Å². The van der Waals surface area contributed by atoms with Crippen molar-refractivity contribution >= 4 is 11.9 Å². The molecule has 0 unspecified atom stereocenters. The molecule has 1 N–H and O–H groups in total. The molecule has 0 heterocycles. The molecule has 1 aromatic rings. The number of nitrogens with zero attached hydrogens (tertiary/aromatic N) is 1. The minimum absolute atomic E-state index is 0.0273. The molecule has 1 amide bonds. The zero-order valence-corrected chi connectivity index (χ0v) is 11.6. The van der Waals surface area contributed by atoms with Gasteiger partial charge in [-0.05, 0) is 25.6 Å². The highest BCUT2D eigenvalue weighted by atomic mass is 16.5. The van der Waals surface area contributed by atoms with E-state index in [1.165, 1.54) is 7.11 Å². The molecule has 0 saturated carbocycles. The number of rotatable bonds is 6. The lowest BCUT2D eigenvalue weighted by Crippen LogP contribution is -2.34. The Hall–Kier alpha value is -1.88. The van der Waals surface area contributed by atoms with E-state index in [1.54, 1.807) is 12.1 Å². The second-order valence-electron chi connectivity index (χ2n) is 4.27. The van der Waals surface area contributed by atoms with Crippen LogP contribution in [0.1, 0.15) is 22.8 Å². The second-order valence-corrected chi connectivity index (χ2v) is 4.27. The van der Waals surface area contributed by atoms with Crippen LogP contribution in [0.5, 0.6) is 0 Å². The molecule has 5 heteroatoms. The third-order valence-electron chi connectivity index (χ3n) is 2.65. The van der Waals surface area contributed by atoms with Gasteiger partial charge in [0, 0.05) is 13.1 Å². The van der Waals surface area contributed by atoms with Crippen LogP contribution in [0.4, 0.5) is 0 Å². The van der Waals surface area contributed by atoms with E-state index in [0.717, 1.165) is 5.56 Å². The Morgan fingerprint density at radius 1 is 1.32 bits per heavy atom. The molecule has 19 heavy (non-hydrogen) atoms. The van der Waals surface area contributed by atoms with Crippen molar-refractivity contribution < 1.29 is 14.3 Å². The summed E-state index contributed by atoms with van der Waals surface area (Å²) in [5.41, 5.74) is 1.38. The molecular weight excluding hydrogens is 244 g/mol. The van der Waals surface area contributed by atoms with Gasteiger partial charge >= 0.3 is 5.97 Å². The number of benzene rings is 1. The van der Waals surface area contributed by atoms with Gasteiger partial charge in [-0.15, -0.1) is 0 Å². The summed E-state index contributed by atoms with van der Waals surface area (Å²) in [6, 6.07) is 7.24. The molecule has 0 aliphatic rings. The van der Waals surface area contributed by atoms with E-state index in [9.17, 15) is 9.59 Å². The van der Waals surface area contributed by atoms with Crippen LogP contribution in [0.25, 0.3) is 0 Å². The number of nitrogens with one attached hydrogen (secondary N) is 1. The molecule has 0 saturated heterocycles. The highest BCUT2D eigenvalue weighted by molar-refractivity contribution is 5.91. The molecule has 0 radical (unpaired) electrons. The van der Waals surface area contributed by atoms with E-state index in [-0.39, 0.29) is 11.9 Å². The number of carbonyl (C=O) groups is 2. The predicted octanol–water partition coefficient (Wildman–Crippen LogP) is 1.04. The Bertz CT molecular complexity index is 446. The van der Waals surface area contributed by atoms with Crippen molar-refractivity contribution in [3.05, 3.63) is 35.4 Å². The van der Waals surface area contributed by atoms with Gasteiger partial charge in [-0.3, -0.25) is 9.69 Å². The minimum Gasteiger partial charge on any atom is -0.465 e. The quantitative estimate of drug-likeness (QED) is 0.780. The number of ether oxygens (including phenoxy) is 1. The zero-order valence-electron chi connectivity index (χ0n) is 11.6. The third-order valence-corrected chi connectivity index (χ3v) is 2.65. The maximum Gasteiger partial charge on any atom is 0.338 e. The van der Waals surface area contributed by atoms with E-state index >= 15 is 0 Å². The highest BCUT2D eigenvalue weighted by Gasteiger charge is 2.13. The summed E-state index contributed by atoms with van der Waals surface area (Å²) in [5.74, 6) is -0.387. The summed E-state index contributed by atoms with van der Waals surface area (Å²) >= 11 is 0. The lowest BCUT2D eigenvalue weighted by molar-refractivity contribution is -0.121. The maximum absolute atomic E-state index is 11.6. The van der Waals surface area contributed by atoms with Gasteiger partial charge in [-0.1, -0.05) is 18.2 Å². The van der Waals surface area contributed by atoms with Crippen molar-refractivity contribution in [2.75, 3.05) is 27.2 Å². The van der Waals surface area contributed by atoms with Crippen molar-refractivity contribution in [1.82, 2.24) is 10.2 Å². The van der Waals surface area contributed by atoms with Gasteiger partial charge in [0.25, 0.3) is 0 Å². The fourth-order valence-electron chi connectivity index (χ4n) is 1.81. The number of carbonyl (C=O) groups excluding carboxylic acids is 2. The topological polar surface area (TPSA) is 58.6 Å². The molecule has 0 aliphatic carbocycles. The van der Waals surface area contributed by atoms with Crippen LogP contribution >= 0.6 is 0 Å². The van der Waals surface area contributed by atoms with E-state index < -0.39 is 0 Å². The van der Waals surface area contributed by atoms with E-state index in [4.69, 9.17) is 4.74 Å². The van der Waals surface area contributed by atoms with Crippen molar-refractivity contribution in [3.8, 4) is 0 Å². The highest BCUT2D eigenvalue weighted by Crippen LogP contribution is 2.12. The Morgan fingerprint density at radius 2 is 2.00 bits per heavy atom. The van der Waals surface area contributed by atoms with E-state index in [1.807, 2.05) is 31.0 Å². The SMILES string of the molecule is CCNC(=O)CN(C)Cc1ccccc1C(=O)OC. The first-order valence-corrected chi connectivity index (χ1v) is 6.20. The molecule has 0 bridgehead atoms. The van der Waals surface area contributed by atoms with Crippen molar-refractivity contribution in [1.29, 1.82) is 0 Å². The molecule has 1 aromatic carbocycles. The average molecular weight is 264 g/mol. The Morgan fingerprint density at radius 3 is 2.63 bits per heavy atom. The molecule has 0 fully saturated rings. The fourth-order valence-corrected chi connectivity index (χ4v) is 1.81. The first-order valence-electron chi connectivity index (χ1n) is 6.20. The van der Waals surface area contributed by atoms with Crippen LogP contribution in [0.2, 0.25) is 0 Å². The molecule has 104 valence electrons. The molecule has 1 rings (SSSR count). The summed E-state index contributed by atoms with van der Waals surface area (Å²) in [6.45, 7) is 3.31. The summed E-state index contributed by atoms with van der Waals surface area (Å²) in [6.07, 6.45) is 0. The van der Waals surface area contributed by atoms with Gasteiger partial charge in [0.15, 0.2) is 0 Å². The molecule has 0 atom stereocenters. The van der Waals surface area contributed by atoms with Gasteiger partial charge in [0.2, 0.25) is 5.91 Å². The normalized spacial score (nSPS) is 10.3. The predicted molar refractivity (Wildman–Crippen MR) is 72.8 cm³/mol. The van der Waals surface area contributed by atoms with Crippen molar-refractivity contribution in [3.63, 3.8) is 0 Å². The van der Waals surface area contributed by atoms with Crippen LogP contribution in [-0.4, -0.2) is 44.0 Å². The van der Waals surface area contributed by atoms with Gasteiger partial charge in [-0.2, -0.15) is 0 Å². The molecule has 0 spiro atoms. The average Bonchev–Trinajstić information content (AvgIpc) is 2.38. The summed E-state index contributed by atoms with van der Waals surface area (Å²) < 4.78 is 4.74. The smallest absolute Gasteiger partial charge is 0.338 e. The molecule has 5 nitrogen and oxygen atoms in total. The Kier molecular flexibility index (Phi) is 6.02. The van der Waals surface area contributed by atoms with E-state index in [2.05, 4.69) is 5.32 Å². The standard InChI is InChI=1S/C14H20N2O3/c1-4-15-13(17)10-16(2)9-11-7-5-6-8-12(11)14(18)19-3/h5-8H,4,9-10H2,1-3H3,(H,15,17). The fraction of sp³-hybridized carbons (Fsp3) is 0.429. The number of methoxy groups -OCH3 is 1. The number of likely N-dealkylation sites (N-methyl/N-ethyl adjacent to an activating group) is 2. The minimum atomic E-state index is -0.359. The third kappa shape index (κ3) is 4.71. The summed E-state index contributed by atoms with van der Waals surface area (Å²) in [5, 5.41) is 2.74. The van der Waals surface area contributed by atoms with E-state index in [0.29, 0.717) is 25.2 Å². The molecular formula is C14H20N2O3. The van der Waals surface area contributed by atoms with Crippen LogP contribution in [-0.2, 0) is 16.1 Å². The van der Waals surface area contributed by atoms with Gasteiger partial charge < -0.3 is 10.1 Å². The lowest BCUT2D eigenvalue weighted by Gasteiger charge is -2.17. The van der Waals surface area contributed by atoms with Gasteiger partial charge in [-0.25, -0.2) is 4.79 Å². The van der Waals surface area contributed by atoms with Crippen LogP contribution < -0.4 is 5.32 Å². The zero-order chi connectivity index (χ0) is 14.3. The number of amides is 1. The monoisotopic (exact) mass is 264 g/mol. The van der Waals surface area contributed by atoms with Crippen LogP contribution in [0.15, 0.2) is 24.3 Å². The Balaban J connectivity index is 2.71. The maximum atomic E-state index is 11.6. The number of hydrogen-bond donors (Lipinski definition) is 1. The largest absolute Gasteiger partial charge is 0.465 e. The Labute approximate surface area is 113 Å². The van der Waals surface area contributed by atoms with Crippen molar-refractivity contribution in [2.24, 2.45) is 0 Å². The molecule has 0 aromatic heterocycles. The second kappa shape index (κ2) is 7.53. The van der Waals surface area contributed by atoms with Gasteiger partial charge in [0.1, 0.15) is 0 Å². The van der Waals surface area contributed by atoms with Gasteiger partial charge in [0.05, 0.1) is 19.2 Å². The molecule has 0 aliphatic heterocycles. The first-order chi connectivity index (χ1) is 9.08. The van der Waals surface area contributed by atoms with Crippen molar-refractivity contribution in [2.45, 2.75) is 13.5 Å². The first kappa shape index (κ1) is 15.2.